The summed E-state index contributed by atoms with van der Waals surface area (Å²) in [4.78, 5) is 0. The van der Waals surface area contributed by atoms with Crippen LogP contribution in [0, 0.1) is 0 Å². The van der Waals surface area contributed by atoms with Crippen LogP contribution in [-0.2, 0) is 4.65 Å². The van der Waals surface area contributed by atoms with Crippen LogP contribution >= 0.6 is 23.5 Å². The van der Waals surface area contributed by atoms with E-state index in [0.717, 1.165) is 17.9 Å². The highest BCUT2D eigenvalue weighted by atomic mass is 32.2. The zero-order valence-electron chi connectivity index (χ0n) is 7.42. The lowest BCUT2D eigenvalue weighted by atomic mass is 10.5. The van der Waals surface area contributed by atoms with Gasteiger partial charge in [0.05, 0.1) is 0 Å². The Labute approximate surface area is 79.5 Å². The molecule has 2 radical (unpaired) electrons. The zero-order chi connectivity index (χ0) is 8.74. The van der Waals surface area contributed by atoms with Gasteiger partial charge in [-0.25, -0.2) is 0 Å². The molecule has 0 aromatic carbocycles. The SMILES string of the molecule is [B]OC(CC)(SCC)SCC. The van der Waals surface area contributed by atoms with Crippen LogP contribution in [0.4, 0.5) is 0 Å². The first-order valence-corrected chi connectivity index (χ1v) is 5.87. The van der Waals surface area contributed by atoms with Crippen LogP contribution in [0.1, 0.15) is 27.2 Å². The molecule has 0 aliphatic carbocycles. The molecule has 0 aliphatic rings. The minimum absolute atomic E-state index is 0.205. The zero-order valence-corrected chi connectivity index (χ0v) is 9.06. The maximum atomic E-state index is 5.25. The highest BCUT2D eigenvalue weighted by Crippen LogP contribution is 2.40. The van der Waals surface area contributed by atoms with Crippen LogP contribution < -0.4 is 0 Å². The van der Waals surface area contributed by atoms with Crippen molar-refractivity contribution in [2.75, 3.05) is 11.5 Å². The third-order valence-electron chi connectivity index (χ3n) is 1.34. The molecule has 0 unspecified atom stereocenters. The minimum Gasteiger partial charge on any atom is -0.427 e. The number of hydrogen-bond acceptors (Lipinski definition) is 3. The lowest BCUT2D eigenvalue weighted by molar-refractivity contribution is 0.277. The Morgan fingerprint density at radius 1 is 1.18 bits per heavy atom. The van der Waals surface area contributed by atoms with Gasteiger partial charge in [0, 0.05) is 0 Å². The molecule has 11 heavy (non-hydrogen) atoms. The van der Waals surface area contributed by atoms with E-state index in [2.05, 4.69) is 20.8 Å². The molecule has 0 aromatic heterocycles. The summed E-state index contributed by atoms with van der Waals surface area (Å²) >= 11 is 3.53. The van der Waals surface area contributed by atoms with Gasteiger partial charge in [0.1, 0.15) is 4.27 Å². The molecule has 1 nitrogen and oxygen atoms in total. The van der Waals surface area contributed by atoms with E-state index < -0.39 is 0 Å². The summed E-state index contributed by atoms with van der Waals surface area (Å²) in [7, 11) is 5.25. The maximum absolute atomic E-state index is 5.25. The standard InChI is InChI=1S/C7H15BOS2/c1-4-7(9-8,10-5-2)11-6-3/h4-6H2,1-3H3. The first-order chi connectivity index (χ1) is 5.24. The second kappa shape index (κ2) is 6.26. The molecule has 0 saturated carbocycles. The van der Waals surface area contributed by atoms with Crippen LogP contribution in [0.2, 0.25) is 0 Å². The quantitative estimate of drug-likeness (QED) is 0.470. The topological polar surface area (TPSA) is 9.23 Å². The minimum atomic E-state index is -0.205. The lowest BCUT2D eigenvalue weighted by Gasteiger charge is -2.29. The molecule has 0 atom stereocenters. The number of hydrogen-bond donors (Lipinski definition) is 0. The third-order valence-corrected chi connectivity index (χ3v) is 4.27. The van der Waals surface area contributed by atoms with Crippen molar-refractivity contribution in [3.05, 3.63) is 0 Å². The van der Waals surface area contributed by atoms with E-state index in [1.54, 1.807) is 23.5 Å². The van der Waals surface area contributed by atoms with E-state index in [1.807, 2.05) is 0 Å². The Morgan fingerprint density at radius 2 is 1.64 bits per heavy atom. The van der Waals surface area contributed by atoms with E-state index in [4.69, 9.17) is 12.7 Å². The molecule has 0 aromatic rings. The normalized spacial score (nSPS) is 11.9. The molecule has 4 heteroatoms. The van der Waals surface area contributed by atoms with Crippen LogP contribution in [-0.4, -0.2) is 23.8 Å². The fraction of sp³-hybridized carbons (Fsp3) is 1.00. The predicted octanol–water partition coefficient (Wildman–Crippen LogP) is 2.66. The van der Waals surface area contributed by atoms with Crippen molar-refractivity contribution >= 4 is 31.6 Å². The fourth-order valence-electron chi connectivity index (χ4n) is 0.837. The molecule has 0 fully saturated rings. The molecule has 64 valence electrons. The second-order valence-electron chi connectivity index (χ2n) is 2.02. The molecular formula is C7H15BOS2. The Morgan fingerprint density at radius 3 is 1.82 bits per heavy atom. The van der Waals surface area contributed by atoms with Gasteiger partial charge in [0.15, 0.2) is 0 Å². The van der Waals surface area contributed by atoms with Crippen LogP contribution in [0.15, 0.2) is 0 Å². The molecule has 0 amide bonds. The van der Waals surface area contributed by atoms with Crippen molar-refractivity contribution in [1.82, 2.24) is 0 Å². The summed E-state index contributed by atoms with van der Waals surface area (Å²) in [6.07, 6.45) is 0.945. The van der Waals surface area contributed by atoms with Crippen molar-refractivity contribution in [2.45, 2.75) is 31.5 Å². The number of rotatable bonds is 6. The average Bonchev–Trinajstić information content (AvgIpc) is 2.04. The second-order valence-corrected chi connectivity index (χ2v) is 5.33. The Balaban J connectivity index is 3.96. The smallest absolute Gasteiger partial charge is 0.285 e. The first kappa shape index (κ1) is 11.7. The van der Waals surface area contributed by atoms with E-state index in [0.29, 0.717) is 0 Å². The van der Waals surface area contributed by atoms with E-state index in [1.165, 1.54) is 0 Å². The highest BCUT2D eigenvalue weighted by Gasteiger charge is 2.26. The van der Waals surface area contributed by atoms with Gasteiger partial charge in [-0.15, -0.1) is 23.5 Å². The van der Waals surface area contributed by atoms with Gasteiger partial charge in [-0.2, -0.15) is 0 Å². The van der Waals surface area contributed by atoms with Crippen LogP contribution in [0.5, 0.6) is 0 Å². The highest BCUT2D eigenvalue weighted by molar-refractivity contribution is 8.18. The van der Waals surface area contributed by atoms with Crippen LogP contribution in [0.25, 0.3) is 0 Å². The lowest BCUT2D eigenvalue weighted by Crippen LogP contribution is -2.22. The monoisotopic (exact) mass is 190 g/mol. The maximum Gasteiger partial charge on any atom is 0.285 e. The molecule has 0 spiro atoms. The summed E-state index contributed by atoms with van der Waals surface area (Å²) in [5.41, 5.74) is 0. The summed E-state index contributed by atoms with van der Waals surface area (Å²) in [6.45, 7) is 6.33. The van der Waals surface area contributed by atoms with Gasteiger partial charge in [0.2, 0.25) is 0 Å². The summed E-state index contributed by atoms with van der Waals surface area (Å²) < 4.78 is 4.79. The fourth-order valence-corrected chi connectivity index (χ4v) is 3.30. The van der Waals surface area contributed by atoms with Crippen molar-refractivity contribution in [3.8, 4) is 0 Å². The predicted molar refractivity (Wildman–Crippen MR) is 56.1 cm³/mol. The van der Waals surface area contributed by atoms with Crippen molar-refractivity contribution < 1.29 is 4.65 Å². The average molecular weight is 190 g/mol. The van der Waals surface area contributed by atoms with Crippen molar-refractivity contribution in [3.63, 3.8) is 0 Å². The Bertz CT molecular complexity index is 88.4. The first-order valence-electron chi connectivity index (χ1n) is 3.90. The summed E-state index contributed by atoms with van der Waals surface area (Å²) in [5, 5.41) is 0. The molecule has 0 rings (SSSR count). The molecule has 0 bridgehead atoms. The van der Waals surface area contributed by atoms with Gasteiger partial charge in [-0.05, 0) is 17.9 Å². The van der Waals surface area contributed by atoms with E-state index in [-0.39, 0.29) is 4.27 Å². The van der Waals surface area contributed by atoms with Crippen LogP contribution in [0.3, 0.4) is 0 Å². The summed E-state index contributed by atoms with van der Waals surface area (Å²) in [6, 6.07) is 0. The molecular weight excluding hydrogens is 175 g/mol. The number of thioether (sulfide) groups is 2. The van der Waals surface area contributed by atoms with Gasteiger partial charge < -0.3 is 4.65 Å². The molecule has 0 saturated heterocycles. The van der Waals surface area contributed by atoms with Gasteiger partial charge in [-0.1, -0.05) is 20.8 Å². The third kappa shape index (κ3) is 3.77. The van der Waals surface area contributed by atoms with Gasteiger partial charge in [-0.3, -0.25) is 0 Å². The van der Waals surface area contributed by atoms with E-state index >= 15 is 0 Å². The van der Waals surface area contributed by atoms with E-state index in [9.17, 15) is 0 Å². The Hall–Kier alpha value is 0.725. The largest absolute Gasteiger partial charge is 0.427 e. The summed E-state index contributed by atoms with van der Waals surface area (Å²) in [5.74, 6) is 2.08. The van der Waals surface area contributed by atoms with Gasteiger partial charge in [0.25, 0.3) is 8.05 Å². The van der Waals surface area contributed by atoms with Crippen molar-refractivity contribution in [1.29, 1.82) is 0 Å². The molecule has 0 N–H and O–H groups in total. The van der Waals surface area contributed by atoms with Crippen molar-refractivity contribution in [2.24, 2.45) is 0 Å². The Kier molecular flexibility index (Phi) is 6.68. The van der Waals surface area contributed by atoms with Gasteiger partial charge >= 0.3 is 0 Å². The molecule has 0 heterocycles. The molecule has 0 aliphatic heterocycles.